The van der Waals surface area contributed by atoms with Crippen molar-refractivity contribution < 1.29 is 10.2 Å². The van der Waals surface area contributed by atoms with Gasteiger partial charge in [-0.15, -0.1) is 0 Å². The van der Waals surface area contributed by atoms with E-state index in [4.69, 9.17) is 0 Å². The Morgan fingerprint density at radius 3 is 2.21 bits per heavy atom. The van der Waals surface area contributed by atoms with Crippen LogP contribution in [0.3, 0.4) is 0 Å². The zero-order valence-electron chi connectivity index (χ0n) is 11.1. The molecule has 0 fully saturated rings. The molecule has 0 atom stereocenters. The summed E-state index contributed by atoms with van der Waals surface area (Å²) in [7, 11) is 0. The van der Waals surface area contributed by atoms with Crippen molar-refractivity contribution in [1.29, 1.82) is 0 Å². The van der Waals surface area contributed by atoms with Crippen LogP contribution >= 0.6 is 0 Å². The molecule has 0 radical (unpaired) electrons. The Morgan fingerprint density at radius 1 is 0.895 bits per heavy atom. The second kappa shape index (κ2) is 6.25. The summed E-state index contributed by atoms with van der Waals surface area (Å²) in [6, 6.07) is 14.6. The van der Waals surface area contributed by atoms with Gasteiger partial charge in [-0.05, 0) is 30.3 Å². The van der Waals surface area contributed by atoms with E-state index in [-0.39, 0.29) is 5.75 Å². The lowest BCUT2D eigenvalue weighted by atomic mass is 10.1. The fourth-order valence-corrected chi connectivity index (χ4v) is 2.02. The maximum atomic E-state index is 9.80. The van der Waals surface area contributed by atoms with E-state index >= 15 is 0 Å². The molecule has 2 N–H and O–H groups in total. The molecule has 2 aromatic carbocycles. The van der Waals surface area contributed by atoms with Crippen LogP contribution in [0.4, 0.5) is 0 Å². The lowest BCUT2D eigenvalue weighted by Gasteiger charge is -2.21. The van der Waals surface area contributed by atoms with Crippen LogP contribution in [0.5, 0.6) is 11.5 Å². The molecule has 3 heteroatoms. The SMILES string of the molecule is CCN(Cc1ccc(O)cc1)Cc1ccccc1O. The number of para-hydroxylation sites is 1. The van der Waals surface area contributed by atoms with Crippen molar-refractivity contribution in [1.82, 2.24) is 4.90 Å². The van der Waals surface area contributed by atoms with Gasteiger partial charge in [-0.3, -0.25) is 4.90 Å². The zero-order chi connectivity index (χ0) is 13.7. The number of rotatable bonds is 5. The van der Waals surface area contributed by atoms with Gasteiger partial charge in [0.1, 0.15) is 11.5 Å². The second-order valence-electron chi connectivity index (χ2n) is 4.60. The first-order valence-corrected chi connectivity index (χ1v) is 6.46. The summed E-state index contributed by atoms with van der Waals surface area (Å²) in [5.74, 6) is 0.624. The third kappa shape index (κ3) is 3.73. The highest BCUT2D eigenvalue weighted by molar-refractivity contribution is 5.32. The van der Waals surface area contributed by atoms with Gasteiger partial charge in [-0.25, -0.2) is 0 Å². The third-order valence-corrected chi connectivity index (χ3v) is 3.18. The summed E-state index contributed by atoms with van der Waals surface area (Å²) in [5.41, 5.74) is 2.08. The Morgan fingerprint density at radius 2 is 1.58 bits per heavy atom. The molecule has 0 aliphatic carbocycles. The van der Waals surface area contributed by atoms with Crippen LogP contribution in [0.25, 0.3) is 0 Å². The minimum Gasteiger partial charge on any atom is -0.508 e. The average molecular weight is 257 g/mol. The second-order valence-corrected chi connectivity index (χ2v) is 4.60. The Kier molecular flexibility index (Phi) is 4.42. The van der Waals surface area contributed by atoms with Gasteiger partial charge in [0.25, 0.3) is 0 Å². The first-order chi connectivity index (χ1) is 9.19. The predicted octanol–water partition coefficient (Wildman–Crippen LogP) is 3.12. The number of phenolic OH excluding ortho intramolecular Hbond substituents is 2. The van der Waals surface area contributed by atoms with Crippen LogP contribution in [-0.2, 0) is 13.1 Å². The number of phenols is 2. The number of benzene rings is 2. The van der Waals surface area contributed by atoms with E-state index in [0.29, 0.717) is 12.3 Å². The molecule has 0 spiro atoms. The van der Waals surface area contributed by atoms with E-state index < -0.39 is 0 Å². The Balaban J connectivity index is 2.05. The third-order valence-electron chi connectivity index (χ3n) is 3.18. The molecule has 0 bridgehead atoms. The van der Waals surface area contributed by atoms with Crippen molar-refractivity contribution in [3.05, 3.63) is 59.7 Å². The van der Waals surface area contributed by atoms with E-state index in [0.717, 1.165) is 24.2 Å². The van der Waals surface area contributed by atoms with Crippen LogP contribution < -0.4 is 0 Å². The fourth-order valence-electron chi connectivity index (χ4n) is 2.02. The van der Waals surface area contributed by atoms with E-state index in [9.17, 15) is 10.2 Å². The smallest absolute Gasteiger partial charge is 0.120 e. The van der Waals surface area contributed by atoms with Gasteiger partial charge in [0.2, 0.25) is 0 Å². The van der Waals surface area contributed by atoms with Crippen molar-refractivity contribution in [3.8, 4) is 11.5 Å². The topological polar surface area (TPSA) is 43.7 Å². The monoisotopic (exact) mass is 257 g/mol. The standard InChI is InChI=1S/C16H19NO2/c1-2-17(11-13-7-9-15(18)10-8-13)12-14-5-3-4-6-16(14)19/h3-10,18-19H,2,11-12H2,1H3. The predicted molar refractivity (Wildman–Crippen MR) is 76.0 cm³/mol. The molecular weight excluding hydrogens is 238 g/mol. The minimum absolute atomic E-state index is 0.285. The highest BCUT2D eigenvalue weighted by Gasteiger charge is 2.07. The Bertz CT molecular complexity index is 523. The number of nitrogens with zero attached hydrogens (tertiary/aromatic N) is 1. The van der Waals surface area contributed by atoms with E-state index in [1.54, 1.807) is 18.2 Å². The number of hydrogen-bond acceptors (Lipinski definition) is 3. The van der Waals surface area contributed by atoms with Gasteiger partial charge in [0.15, 0.2) is 0 Å². The lowest BCUT2D eigenvalue weighted by Crippen LogP contribution is -2.22. The van der Waals surface area contributed by atoms with Gasteiger partial charge in [-0.2, -0.15) is 0 Å². The molecule has 0 heterocycles. The van der Waals surface area contributed by atoms with Crippen molar-refractivity contribution in [2.45, 2.75) is 20.0 Å². The molecule has 0 aromatic heterocycles. The van der Waals surface area contributed by atoms with Gasteiger partial charge in [0.05, 0.1) is 0 Å². The fraction of sp³-hybridized carbons (Fsp3) is 0.250. The maximum absolute atomic E-state index is 9.80. The summed E-state index contributed by atoms with van der Waals surface area (Å²) in [5, 5.41) is 19.1. The molecule has 0 amide bonds. The van der Waals surface area contributed by atoms with Crippen molar-refractivity contribution >= 4 is 0 Å². The minimum atomic E-state index is 0.285. The summed E-state index contributed by atoms with van der Waals surface area (Å²) in [6.45, 7) is 4.50. The normalized spacial score (nSPS) is 10.8. The average Bonchev–Trinajstić information content (AvgIpc) is 2.43. The zero-order valence-corrected chi connectivity index (χ0v) is 11.1. The van der Waals surface area contributed by atoms with Crippen LogP contribution in [0.15, 0.2) is 48.5 Å². The molecule has 0 aliphatic heterocycles. The summed E-state index contributed by atoms with van der Waals surface area (Å²) in [6.07, 6.45) is 0. The van der Waals surface area contributed by atoms with Crippen LogP contribution in [0, 0.1) is 0 Å². The lowest BCUT2D eigenvalue weighted by molar-refractivity contribution is 0.267. The largest absolute Gasteiger partial charge is 0.508 e. The highest BCUT2D eigenvalue weighted by Crippen LogP contribution is 2.19. The van der Waals surface area contributed by atoms with E-state index in [1.807, 2.05) is 30.3 Å². The quantitative estimate of drug-likeness (QED) is 0.865. The highest BCUT2D eigenvalue weighted by atomic mass is 16.3. The number of hydrogen-bond donors (Lipinski definition) is 2. The molecule has 3 nitrogen and oxygen atoms in total. The molecule has 0 saturated carbocycles. The molecule has 100 valence electrons. The molecular formula is C16H19NO2. The van der Waals surface area contributed by atoms with Crippen LogP contribution in [0.2, 0.25) is 0 Å². The molecule has 0 aliphatic rings. The maximum Gasteiger partial charge on any atom is 0.120 e. The Hall–Kier alpha value is -2.00. The van der Waals surface area contributed by atoms with E-state index in [1.165, 1.54) is 0 Å². The first-order valence-electron chi connectivity index (χ1n) is 6.46. The summed E-state index contributed by atoms with van der Waals surface area (Å²) >= 11 is 0. The molecule has 19 heavy (non-hydrogen) atoms. The van der Waals surface area contributed by atoms with Gasteiger partial charge in [0, 0.05) is 18.7 Å². The van der Waals surface area contributed by atoms with E-state index in [2.05, 4.69) is 11.8 Å². The van der Waals surface area contributed by atoms with Gasteiger partial charge >= 0.3 is 0 Å². The molecule has 0 saturated heterocycles. The molecule has 2 aromatic rings. The van der Waals surface area contributed by atoms with Crippen LogP contribution in [-0.4, -0.2) is 21.7 Å². The van der Waals surface area contributed by atoms with Crippen LogP contribution in [0.1, 0.15) is 18.1 Å². The number of aromatic hydroxyl groups is 2. The summed E-state index contributed by atoms with van der Waals surface area (Å²) < 4.78 is 0. The van der Waals surface area contributed by atoms with Gasteiger partial charge < -0.3 is 10.2 Å². The van der Waals surface area contributed by atoms with Crippen molar-refractivity contribution in [2.24, 2.45) is 0 Å². The first kappa shape index (κ1) is 13.4. The molecule has 2 rings (SSSR count). The summed E-state index contributed by atoms with van der Waals surface area (Å²) in [4.78, 5) is 2.24. The van der Waals surface area contributed by atoms with Crippen molar-refractivity contribution in [3.63, 3.8) is 0 Å². The Labute approximate surface area is 113 Å². The molecule has 0 unspecified atom stereocenters. The van der Waals surface area contributed by atoms with Gasteiger partial charge in [-0.1, -0.05) is 37.3 Å². The van der Waals surface area contributed by atoms with Crippen molar-refractivity contribution in [2.75, 3.05) is 6.54 Å².